The molecule has 0 aromatic rings. The zero-order valence-electron chi connectivity index (χ0n) is 10.1. The van der Waals surface area contributed by atoms with E-state index < -0.39 is 12.0 Å². The van der Waals surface area contributed by atoms with Crippen LogP contribution in [0.15, 0.2) is 0 Å². The molecular formula is C11H20N2O3. The van der Waals surface area contributed by atoms with Gasteiger partial charge in [-0.2, -0.15) is 0 Å². The lowest BCUT2D eigenvalue weighted by atomic mass is 9.93. The molecule has 0 aromatic heterocycles. The SMILES string of the molecule is CC[C@H](NC(=O)N1CCC(C)(C)C1)C(=O)O. The van der Waals surface area contributed by atoms with Gasteiger partial charge in [0, 0.05) is 13.1 Å². The standard InChI is InChI=1S/C11H20N2O3/c1-4-8(9(14)15)12-10(16)13-6-5-11(2,3)7-13/h8H,4-7H2,1-3H3,(H,12,16)(H,14,15)/t8-/m0/s1. The third-order valence-corrected chi connectivity index (χ3v) is 2.97. The fourth-order valence-electron chi connectivity index (χ4n) is 1.86. The van der Waals surface area contributed by atoms with E-state index in [4.69, 9.17) is 5.11 Å². The Balaban J connectivity index is 2.50. The maximum Gasteiger partial charge on any atom is 0.326 e. The van der Waals surface area contributed by atoms with Crippen molar-refractivity contribution in [3.8, 4) is 0 Å². The Hall–Kier alpha value is -1.26. The maximum absolute atomic E-state index is 11.8. The van der Waals surface area contributed by atoms with Gasteiger partial charge in [0.1, 0.15) is 6.04 Å². The Morgan fingerprint density at radius 3 is 2.50 bits per heavy atom. The number of aliphatic carboxylic acids is 1. The van der Waals surface area contributed by atoms with E-state index in [9.17, 15) is 9.59 Å². The lowest BCUT2D eigenvalue weighted by molar-refractivity contribution is -0.139. The third-order valence-electron chi connectivity index (χ3n) is 2.97. The van der Waals surface area contributed by atoms with Crippen molar-refractivity contribution in [3.63, 3.8) is 0 Å². The molecule has 0 unspecified atom stereocenters. The highest BCUT2D eigenvalue weighted by atomic mass is 16.4. The molecule has 0 saturated carbocycles. The second kappa shape index (κ2) is 4.72. The molecule has 0 radical (unpaired) electrons. The van der Waals surface area contributed by atoms with Crippen LogP contribution in [0.25, 0.3) is 0 Å². The van der Waals surface area contributed by atoms with Crippen LogP contribution in [0, 0.1) is 5.41 Å². The zero-order valence-corrected chi connectivity index (χ0v) is 10.1. The van der Waals surface area contributed by atoms with Crippen LogP contribution in [0.5, 0.6) is 0 Å². The number of carboxylic acids is 1. The summed E-state index contributed by atoms with van der Waals surface area (Å²) in [4.78, 5) is 24.2. The minimum atomic E-state index is -0.977. The van der Waals surface area contributed by atoms with Gasteiger partial charge in [-0.1, -0.05) is 20.8 Å². The monoisotopic (exact) mass is 228 g/mol. The van der Waals surface area contributed by atoms with Crippen LogP contribution < -0.4 is 5.32 Å². The summed E-state index contributed by atoms with van der Waals surface area (Å²) in [6, 6.07) is -1.05. The Kier molecular flexibility index (Phi) is 3.78. The van der Waals surface area contributed by atoms with Gasteiger partial charge in [0.15, 0.2) is 0 Å². The van der Waals surface area contributed by atoms with E-state index in [1.165, 1.54) is 0 Å². The van der Waals surface area contributed by atoms with Crippen molar-refractivity contribution in [1.82, 2.24) is 10.2 Å². The molecule has 1 atom stereocenters. The first-order valence-corrected chi connectivity index (χ1v) is 5.64. The molecule has 0 spiro atoms. The molecule has 2 amide bonds. The number of carbonyl (C=O) groups is 2. The molecule has 1 heterocycles. The summed E-state index contributed by atoms with van der Waals surface area (Å²) in [6.07, 6.45) is 1.36. The molecule has 1 fully saturated rings. The van der Waals surface area contributed by atoms with Crippen LogP contribution in [-0.4, -0.2) is 41.1 Å². The fourth-order valence-corrected chi connectivity index (χ4v) is 1.86. The quantitative estimate of drug-likeness (QED) is 0.764. The molecule has 0 aliphatic carbocycles. The molecule has 2 N–H and O–H groups in total. The van der Waals surface area contributed by atoms with Gasteiger partial charge < -0.3 is 15.3 Å². The second-order valence-electron chi connectivity index (χ2n) is 5.08. The van der Waals surface area contributed by atoms with Crippen molar-refractivity contribution < 1.29 is 14.7 Å². The largest absolute Gasteiger partial charge is 0.480 e. The highest BCUT2D eigenvalue weighted by molar-refractivity contribution is 5.82. The Morgan fingerprint density at radius 1 is 1.50 bits per heavy atom. The molecule has 0 aromatic carbocycles. The molecule has 1 aliphatic heterocycles. The number of carboxylic acid groups (broad SMARTS) is 1. The van der Waals surface area contributed by atoms with Crippen molar-refractivity contribution in [2.75, 3.05) is 13.1 Å². The van der Waals surface area contributed by atoms with Gasteiger partial charge in [-0.15, -0.1) is 0 Å². The van der Waals surface area contributed by atoms with Gasteiger partial charge in [-0.25, -0.2) is 9.59 Å². The number of rotatable bonds is 3. The summed E-state index contributed by atoms with van der Waals surface area (Å²) < 4.78 is 0. The number of likely N-dealkylation sites (tertiary alicyclic amines) is 1. The minimum Gasteiger partial charge on any atom is -0.480 e. The molecule has 1 saturated heterocycles. The van der Waals surface area contributed by atoms with Crippen LogP contribution in [0.2, 0.25) is 0 Å². The van der Waals surface area contributed by atoms with Crippen LogP contribution in [0.4, 0.5) is 4.79 Å². The van der Waals surface area contributed by atoms with Crippen LogP contribution in [0.3, 0.4) is 0 Å². The average Bonchev–Trinajstić information content (AvgIpc) is 2.54. The van der Waals surface area contributed by atoms with E-state index in [1.807, 2.05) is 0 Å². The normalized spacial score (nSPS) is 20.6. The summed E-state index contributed by atoms with van der Waals surface area (Å²) in [6.45, 7) is 7.35. The van der Waals surface area contributed by atoms with Crippen LogP contribution in [-0.2, 0) is 4.79 Å². The highest BCUT2D eigenvalue weighted by Gasteiger charge is 2.33. The first kappa shape index (κ1) is 12.8. The number of hydrogen-bond donors (Lipinski definition) is 2. The van der Waals surface area contributed by atoms with Crippen molar-refractivity contribution in [2.45, 2.75) is 39.7 Å². The Bertz CT molecular complexity index is 289. The lowest BCUT2D eigenvalue weighted by Gasteiger charge is -2.22. The average molecular weight is 228 g/mol. The minimum absolute atomic E-state index is 0.141. The van der Waals surface area contributed by atoms with Gasteiger partial charge >= 0.3 is 12.0 Å². The van der Waals surface area contributed by atoms with E-state index in [2.05, 4.69) is 19.2 Å². The van der Waals surface area contributed by atoms with Crippen molar-refractivity contribution in [1.29, 1.82) is 0 Å². The topological polar surface area (TPSA) is 69.6 Å². The van der Waals surface area contributed by atoms with Crippen LogP contribution in [0.1, 0.15) is 33.6 Å². The smallest absolute Gasteiger partial charge is 0.326 e. The van der Waals surface area contributed by atoms with E-state index in [0.29, 0.717) is 19.5 Å². The summed E-state index contributed by atoms with van der Waals surface area (Å²) in [5, 5.41) is 11.4. The molecule has 92 valence electrons. The summed E-state index contributed by atoms with van der Waals surface area (Å²) in [5.41, 5.74) is 0.141. The summed E-state index contributed by atoms with van der Waals surface area (Å²) in [5.74, 6) is -0.977. The summed E-state index contributed by atoms with van der Waals surface area (Å²) in [7, 11) is 0. The van der Waals surface area contributed by atoms with Gasteiger partial charge in [0.25, 0.3) is 0 Å². The maximum atomic E-state index is 11.8. The predicted octanol–water partition coefficient (Wildman–Crippen LogP) is 1.29. The zero-order chi connectivity index (χ0) is 12.3. The van der Waals surface area contributed by atoms with E-state index in [0.717, 1.165) is 6.42 Å². The van der Waals surface area contributed by atoms with E-state index >= 15 is 0 Å². The fraction of sp³-hybridized carbons (Fsp3) is 0.818. The first-order chi connectivity index (χ1) is 7.35. The number of nitrogens with zero attached hydrogens (tertiary/aromatic N) is 1. The Labute approximate surface area is 95.8 Å². The highest BCUT2D eigenvalue weighted by Crippen LogP contribution is 2.28. The molecule has 5 heteroatoms. The van der Waals surface area contributed by atoms with Crippen LogP contribution >= 0.6 is 0 Å². The van der Waals surface area contributed by atoms with Gasteiger partial charge in [-0.3, -0.25) is 0 Å². The van der Waals surface area contributed by atoms with E-state index in [-0.39, 0.29) is 11.4 Å². The van der Waals surface area contributed by atoms with Gasteiger partial charge in [0.2, 0.25) is 0 Å². The van der Waals surface area contributed by atoms with E-state index in [1.54, 1.807) is 11.8 Å². The number of nitrogens with one attached hydrogen (secondary N) is 1. The molecule has 1 aliphatic rings. The molecular weight excluding hydrogens is 208 g/mol. The van der Waals surface area contributed by atoms with Gasteiger partial charge in [0.05, 0.1) is 0 Å². The number of carbonyl (C=O) groups excluding carboxylic acids is 1. The van der Waals surface area contributed by atoms with Crippen molar-refractivity contribution >= 4 is 12.0 Å². The van der Waals surface area contributed by atoms with Gasteiger partial charge in [-0.05, 0) is 18.3 Å². The predicted molar refractivity (Wildman–Crippen MR) is 60.2 cm³/mol. The third kappa shape index (κ3) is 3.12. The van der Waals surface area contributed by atoms with Crippen molar-refractivity contribution in [3.05, 3.63) is 0 Å². The second-order valence-corrected chi connectivity index (χ2v) is 5.08. The summed E-state index contributed by atoms with van der Waals surface area (Å²) >= 11 is 0. The Morgan fingerprint density at radius 2 is 2.12 bits per heavy atom. The molecule has 5 nitrogen and oxygen atoms in total. The number of amides is 2. The molecule has 1 rings (SSSR count). The number of hydrogen-bond acceptors (Lipinski definition) is 2. The first-order valence-electron chi connectivity index (χ1n) is 5.64. The molecule has 16 heavy (non-hydrogen) atoms. The lowest BCUT2D eigenvalue weighted by Crippen LogP contribution is -2.47. The molecule has 0 bridgehead atoms. The van der Waals surface area contributed by atoms with Crippen molar-refractivity contribution in [2.24, 2.45) is 5.41 Å². The number of urea groups is 1.